The molecule has 6 heteroatoms. The van der Waals surface area contributed by atoms with E-state index >= 15 is 0 Å². The van der Waals surface area contributed by atoms with Gasteiger partial charge >= 0.3 is 5.97 Å². The van der Waals surface area contributed by atoms with Crippen LogP contribution in [0.15, 0.2) is 48.7 Å². The summed E-state index contributed by atoms with van der Waals surface area (Å²) < 4.78 is 5.77. The number of aliphatic carboxylic acids is 1. The molecule has 2 aromatic rings. The number of likely N-dealkylation sites (tertiary alicyclic amines) is 1. The average molecular weight is 326 g/mol. The number of benzene rings is 1. The Labute approximate surface area is 139 Å². The van der Waals surface area contributed by atoms with E-state index in [1.54, 1.807) is 29.2 Å². The van der Waals surface area contributed by atoms with Crippen LogP contribution in [0.25, 0.3) is 0 Å². The van der Waals surface area contributed by atoms with Gasteiger partial charge in [0.05, 0.1) is 5.92 Å². The molecule has 1 fully saturated rings. The van der Waals surface area contributed by atoms with Crippen LogP contribution >= 0.6 is 0 Å². The van der Waals surface area contributed by atoms with Gasteiger partial charge in [-0.2, -0.15) is 0 Å². The second kappa shape index (κ2) is 7.12. The highest BCUT2D eigenvalue weighted by Crippen LogP contribution is 2.26. The smallest absolute Gasteiger partial charge is 0.308 e. The number of carboxylic acids is 1. The summed E-state index contributed by atoms with van der Waals surface area (Å²) in [6.07, 6.45) is 2.79. The number of piperidine rings is 1. The highest BCUT2D eigenvalue weighted by molar-refractivity contribution is 5.95. The molecule has 0 saturated carbocycles. The molecule has 1 aliphatic rings. The molecule has 6 nitrogen and oxygen atoms in total. The van der Waals surface area contributed by atoms with Gasteiger partial charge in [-0.1, -0.05) is 18.2 Å². The summed E-state index contributed by atoms with van der Waals surface area (Å²) in [5.74, 6) is -0.709. The maximum atomic E-state index is 12.8. The summed E-state index contributed by atoms with van der Waals surface area (Å²) in [5.41, 5.74) is 0.201. The van der Waals surface area contributed by atoms with Crippen LogP contribution in [0, 0.1) is 5.92 Å². The Hall–Kier alpha value is -2.89. The zero-order valence-electron chi connectivity index (χ0n) is 13.1. The van der Waals surface area contributed by atoms with Gasteiger partial charge in [0, 0.05) is 19.3 Å². The molecule has 1 N–H and O–H groups in total. The fourth-order valence-electron chi connectivity index (χ4n) is 2.76. The monoisotopic (exact) mass is 326 g/mol. The summed E-state index contributed by atoms with van der Waals surface area (Å²) in [5, 5.41) is 9.18. The average Bonchev–Trinajstić information content (AvgIpc) is 2.62. The van der Waals surface area contributed by atoms with Crippen molar-refractivity contribution in [3.05, 3.63) is 54.4 Å². The van der Waals surface area contributed by atoms with Gasteiger partial charge < -0.3 is 14.7 Å². The number of pyridine rings is 1. The lowest BCUT2D eigenvalue weighted by molar-refractivity contribution is -0.143. The van der Waals surface area contributed by atoms with E-state index in [1.165, 1.54) is 6.20 Å². The number of rotatable bonds is 4. The minimum absolute atomic E-state index is 0.201. The maximum Gasteiger partial charge on any atom is 0.308 e. The molecule has 1 unspecified atom stereocenters. The quantitative estimate of drug-likeness (QED) is 0.934. The van der Waals surface area contributed by atoms with Crippen molar-refractivity contribution in [2.45, 2.75) is 12.8 Å². The first kappa shape index (κ1) is 16.0. The molecule has 1 aromatic carbocycles. The standard InChI is InChI=1S/C18H18N2O4/c21-17(20-11-5-6-13(12-20)18(22)23)16-15(9-4-10-19-16)24-14-7-2-1-3-8-14/h1-4,7-10,13H,5-6,11-12H2,(H,22,23). The van der Waals surface area contributed by atoms with Gasteiger partial charge in [-0.25, -0.2) is 4.98 Å². The van der Waals surface area contributed by atoms with E-state index < -0.39 is 11.9 Å². The Morgan fingerprint density at radius 3 is 2.71 bits per heavy atom. The Kier molecular flexibility index (Phi) is 4.74. The highest BCUT2D eigenvalue weighted by atomic mass is 16.5. The summed E-state index contributed by atoms with van der Waals surface area (Å²) in [4.78, 5) is 29.7. The first-order valence-electron chi connectivity index (χ1n) is 7.85. The van der Waals surface area contributed by atoms with Crippen LogP contribution in [0.1, 0.15) is 23.3 Å². The first-order chi connectivity index (χ1) is 11.6. The van der Waals surface area contributed by atoms with E-state index in [-0.39, 0.29) is 18.1 Å². The molecule has 0 radical (unpaired) electrons. The number of hydrogen-bond acceptors (Lipinski definition) is 4. The number of para-hydroxylation sites is 1. The van der Waals surface area contributed by atoms with Crippen molar-refractivity contribution >= 4 is 11.9 Å². The predicted octanol–water partition coefficient (Wildman–Crippen LogP) is 2.81. The Balaban J connectivity index is 1.81. The lowest BCUT2D eigenvalue weighted by Crippen LogP contribution is -2.42. The lowest BCUT2D eigenvalue weighted by Gasteiger charge is -2.30. The van der Waals surface area contributed by atoms with E-state index in [9.17, 15) is 14.7 Å². The number of nitrogens with zero attached hydrogens (tertiary/aromatic N) is 2. The zero-order valence-corrected chi connectivity index (χ0v) is 13.1. The fourth-order valence-corrected chi connectivity index (χ4v) is 2.76. The number of carbonyl (C=O) groups excluding carboxylic acids is 1. The molecule has 1 aromatic heterocycles. The molecule has 0 bridgehead atoms. The molecule has 24 heavy (non-hydrogen) atoms. The van der Waals surface area contributed by atoms with Gasteiger partial charge in [0.2, 0.25) is 0 Å². The molecular weight excluding hydrogens is 308 g/mol. The molecular formula is C18H18N2O4. The second-order valence-corrected chi connectivity index (χ2v) is 5.69. The number of aromatic nitrogens is 1. The first-order valence-corrected chi connectivity index (χ1v) is 7.85. The molecule has 2 heterocycles. The lowest BCUT2D eigenvalue weighted by atomic mass is 9.98. The van der Waals surface area contributed by atoms with Crippen molar-refractivity contribution in [1.29, 1.82) is 0 Å². The minimum Gasteiger partial charge on any atom is -0.481 e. The van der Waals surface area contributed by atoms with Gasteiger partial charge in [0.25, 0.3) is 5.91 Å². The molecule has 0 aliphatic carbocycles. The summed E-state index contributed by atoms with van der Waals surface area (Å²) in [6, 6.07) is 12.5. The molecule has 1 amide bonds. The molecule has 1 atom stereocenters. The van der Waals surface area contributed by atoms with Crippen LogP contribution in [0.5, 0.6) is 11.5 Å². The largest absolute Gasteiger partial charge is 0.481 e. The topological polar surface area (TPSA) is 79.7 Å². The van der Waals surface area contributed by atoms with Crippen LogP contribution in [0.3, 0.4) is 0 Å². The Morgan fingerprint density at radius 1 is 1.17 bits per heavy atom. The van der Waals surface area contributed by atoms with Crippen molar-refractivity contribution in [2.75, 3.05) is 13.1 Å². The van der Waals surface area contributed by atoms with Gasteiger partial charge in [-0.3, -0.25) is 9.59 Å². The zero-order chi connectivity index (χ0) is 16.9. The van der Waals surface area contributed by atoms with Crippen LogP contribution < -0.4 is 4.74 Å². The second-order valence-electron chi connectivity index (χ2n) is 5.69. The molecule has 124 valence electrons. The number of amides is 1. The van der Waals surface area contributed by atoms with Crippen LogP contribution in [-0.4, -0.2) is 40.0 Å². The Bertz CT molecular complexity index is 733. The van der Waals surface area contributed by atoms with Crippen molar-refractivity contribution in [3.8, 4) is 11.5 Å². The number of carbonyl (C=O) groups is 2. The Morgan fingerprint density at radius 2 is 1.96 bits per heavy atom. The summed E-state index contributed by atoms with van der Waals surface area (Å²) >= 11 is 0. The number of ether oxygens (including phenoxy) is 1. The summed E-state index contributed by atoms with van der Waals surface area (Å²) in [6.45, 7) is 0.736. The van der Waals surface area contributed by atoms with Crippen LogP contribution in [0.2, 0.25) is 0 Å². The third kappa shape index (κ3) is 3.53. The van der Waals surface area contributed by atoms with Gasteiger partial charge in [-0.05, 0) is 37.1 Å². The number of hydrogen-bond donors (Lipinski definition) is 1. The van der Waals surface area contributed by atoms with E-state index in [0.717, 1.165) is 0 Å². The predicted molar refractivity (Wildman–Crippen MR) is 87.0 cm³/mol. The van der Waals surface area contributed by atoms with Gasteiger partial charge in [-0.15, -0.1) is 0 Å². The van der Waals surface area contributed by atoms with E-state index in [4.69, 9.17) is 4.74 Å². The molecule has 3 rings (SSSR count). The third-order valence-electron chi connectivity index (χ3n) is 4.00. The van der Waals surface area contributed by atoms with Crippen molar-refractivity contribution in [1.82, 2.24) is 9.88 Å². The third-order valence-corrected chi connectivity index (χ3v) is 4.00. The van der Waals surface area contributed by atoms with Gasteiger partial charge in [0.15, 0.2) is 11.4 Å². The minimum atomic E-state index is -0.866. The maximum absolute atomic E-state index is 12.8. The normalized spacial score (nSPS) is 17.3. The van der Waals surface area contributed by atoms with E-state index in [0.29, 0.717) is 30.9 Å². The van der Waals surface area contributed by atoms with Crippen LogP contribution in [-0.2, 0) is 4.79 Å². The van der Waals surface area contributed by atoms with Crippen molar-refractivity contribution in [2.24, 2.45) is 5.92 Å². The van der Waals surface area contributed by atoms with Crippen molar-refractivity contribution in [3.63, 3.8) is 0 Å². The van der Waals surface area contributed by atoms with E-state index in [1.807, 2.05) is 18.2 Å². The molecule has 1 saturated heterocycles. The van der Waals surface area contributed by atoms with Gasteiger partial charge in [0.1, 0.15) is 5.75 Å². The molecule has 0 spiro atoms. The van der Waals surface area contributed by atoms with Crippen LogP contribution in [0.4, 0.5) is 0 Å². The summed E-state index contributed by atoms with van der Waals surface area (Å²) in [7, 11) is 0. The van der Waals surface area contributed by atoms with E-state index in [2.05, 4.69) is 4.98 Å². The number of carboxylic acid groups (broad SMARTS) is 1. The van der Waals surface area contributed by atoms with Crippen molar-refractivity contribution < 1.29 is 19.4 Å². The fraction of sp³-hybridized carbons (Fsp3) is 0.278. The SMILES string of the molecule is O=C(O)C1CCCN(C(=O)c2ncccc2Oc2ccccc2)C1. The molecule has 1 aliphatic heterocycles. The highest BCUT2D eigenvalue weighted by Gasteiger charge is 2.30.